The Labute approximate surface area is 154 Å². The summed E-state index contributed by atoms with van der Waals surface area (Å²) in [5.41, 5.74) is -1.12. The normalized spacial score (nSPS) is 13.4. The first-order valence-corrected chi connectivity index (χ1v) is 9.21. The van der Waals surface area contributed by atoms with Crippen LogP contribution in [0.25, 0.3) is 0 Å². The summed E-state index contributed by atoms with van der Waals surface area (Å²) in [5.74, 6) is 0.569. The van der Waals surface area contributed by atoms with Gasteiger partial charge in [-0.1, -0.05) is 41.5 Å². The van der Waals surface area contributed by atoms with Crippen LogP contribution in [0.3, 0.4) is 0 Å². The second-order valence-corrected chi connectivity index (χ2v) is 8.70. The van der Waals surface area contributed by atoms with Crippen LogP contribution in [-0.4, -0.2) is 50.1 Å². The Hall–Kier alpha value is -0.780. The van der Waals surface area contributed by atoms with E-state index in [0.717, 1.165) is 0 Å². The van der Waals surface area contributed by atoms with Gasteiger partial charge in [0.1, 0.15) is 12.4 Å². The van der Waals surface area contributed by atoms with Crippen LogP contribution >= 0.6 is 0 Å². The summed E-state index contributed by atoms with van der Waals surface area (Å²) in [6.45, 7) is 19.8. The second kappa shape index (κ2) is 9.79. The predicted octanol–water partition coefficient (Wildman–Crippen LogP) is 3.25. The molecular formula is C20H39NO4. The topological polar surface area (TPSA) is 64.6 Å². The van der Waals surface area contributed by atoms with Crippen molar-refractivity contribution >= 4 is 11.6 Å². The highest BCUT2D eigenvalue weighted by atomic mass is 16.5. The van der Waals surface area contributed by atoms with Gasteiger partial charge >= 0.3 is 0 Å². The molecule has 0 amide bonds. The van der Waals surface area contributed by atoms with Crippen molar-refractivity contribution in [3.05, 3.63) is 0 Å². The summed E-state index contributed by atoms with van der Waals surface area (Å²) in [6.07, 6.45) is 0. The third kappa shape index (κ3) is 7.16. The molecule has 0 aromatic heterocycles. The lowest BCUT2D eigenvalue weighted by Crippen LogP contribution is -2.55. The van der Waals surface area contributed by atoms with Gasteiger partial charge in [-0.2, -0.15) is 0 Å². The molecule has 0 aliphatic heterocycles. The molecule has 0 unspecified atom stereocenters. The maximum atomic E-state index is 12.1. The number of nitrogens with one attached hydrogen (secondary N) is 1. The molecule has 25 heavy (non-hydrogen) atoms. The van der Waals surface area contributed by atoms with Gasteiger partial charge < -0.3 is 14.8 Å². The number of carbonyl (C=O) groups is 2. The number of carbonyl (C=O) groups excluding carboxylic acids is 2. The lowest BCUT2D eigenvalue weighted by Gasteiger charge is -2.40. The summed E-state index contributed by atoms with van der Waals surface area (Å²) < 4.78 is 11.0. The Bertz CT molecular complexity index is 439. The van der Waals surface area contributed by atoms with E-state index >= 15 is 0 Å². The van der Waals surface area contributed by atoms with Gasteiger partial charge in [-0.3, -0.25) is 9.59 Å². The lowest BCUT2D eigenvalue weighted by atomic mass is 9.72. The summed E-state index contributed by atoms with van der Waals surface area (Å²) in [7, 11) is 0. The molecule has 0 saturated carbocycles. The van der Waals surface area contributed by atoms with Crippen LogP contribution < -0.4 is 5.32 Å². The Kier molecular flexibility index (Phi) is 9.48. The van der Waals surface area contributed by atoms with Gasteiger partial charge in [-0.25, -0.2) is 0 Å². The van der Waals surface area contributed by atoms with E-state index in [9.17, 15) is 9.59 Å². The van der Waals surface area contributed by atoms with Gasteiger partial charge in [0.15, 0.2) is 5.78 Å². The molecule has 148 valence electrons. The summed E-state index contributed by atoms with van der Waals surface area (Å²) in [6, 6.07) is 0. The van der Waals surface area contributed by atoms with Crippen molar-refractivity contribution in [2.45, 2.75) is 67.9 Å². The van der Waals surface area contributed by atoms with E-state index in [1.165, 1.54) is 0 Å². The molecule has 0 rings (SSSR count). The first-order valence-electron chi connectivity index (χ1n) is 9.21. The molecule has 0 aliphatic carbocycles. The third-order valence-electron chi connectivity index (χ3n) is 6.02. The van der Waals surface area contributed by atoms with Crippen molar-refractivity contribution < 1.29 is 19.1 Å². The maximum absolute atomic E-state index is 12.1. The van der Waals surface area contributed by atoms with Crippen molar-refractivity contribution in [2.24, 2.45) is 16.7 Å². The molecule has 0 saturated heterocycles. The predicted molar refractivity (Wildman–Crippen MR) is 102 cm³/mol. The van der Waals surface area contributed by atoms with E-state index in [1.54, 1.807) is 6.92 Å². The maximum Gasteiger partial charge on any atom is 0.164 e. The van der Waals surface area contributed by atoms with E-state index in [-0.39, 0.29) is 35.0 Å². The van der Waals surface area contributed by atoms with Gasteiger partial charge in [-0.05, 0) is 26.7 Å². The summed E-state index contributed by atoms with van der Waals surface area (Å²) >= 11 is 0. The molecule has 0 aromatic carbocycles. The molecule has 0 bridgehead atoms. The van der Waals surface area contributed by atoms with Crippen LogP contribution in [0.2, 0.25) is 0 Å². The zero-order valence-corrected chi connectivity index (χ0v) is 17.7. The Morgan fingerprint density at radius 2 is 1.44 bits per heavy atom. The zero-order chi connectivity index (χ0) is 19.9. The minimum Gasteiger partial charge on any atom is -0.378 e. The van der Waals surface area contributed by atoms with Crippen LogP contribution in [0.15, 0.2) is 0 Å². The first-order chi connectivity index (χ1) is 11.3. The fourth-order valence-corrected chi connectivity index (χ4v) is 1.99. The standard InChI is InChI=1S/C20H39NO4/c1-15(2)18(4,5)17(23)14-25-13-12-24-11-10-21-20(8,9)19(6,7)16(3)22/h15,21H,10-14H2,1-9H3. The molecule has 5 nitrogen and oxygen atoms in total. The molecule has 0 aromatic rings. The smallest absolute Gasteiger partial charge is 0.164 e. The number of hydrogen-bond acceptors (Lipinski definition) is 5. The average Bonchev–Trinajstić information content (AvgIpc) is 2.48. The van der Waals surface area contributed by atoms with Gasteiger partial charge in [0, 0.05) is 22.9 Å². The van der Waals surface area contributed by atoms with Crippen molar-refractivity contribution in [1.82, 2.24) is 5.32 Å². The van der Waals surface area contributed by atoms with E-state index < -0.39 is 5.41 Å². The van der Waals surface area contributed by atoms with Gasteiger partial charge in [0.2, 0.25) is 0 Å². The first kappa shape index (κ1) is 24.2. The Morgan fingerprint density at radius 1 is 0.920 bits per heavy atom. The van der Waals surface area contributed by atoms with Gasteiger partial charge in [0.25, 0.3) is 0 Å². The Morgan fingerprint density at radius 3 is 1.92 bits per heavy atom. The van der Waals surface area contributed by atoms with Crippen LogP contribution in [0.4, 0.5) is 0 Å². The molecule has 0 aliphatic rings. The zero-order valence-electron chi connectivity index (χ0n) is 17.7. The second-order valence-electron chi connectivity index (χ2n) is 8.70. The number of ketones is 2. The van der Waals surface area contributed by atoms with Crippen molar-refractivity contribution in [3.8, 4) is 0 Å². The van der Waals surface area contributed by atoms with Crippen molar-refractivity contribution in [1.29, 1.82) is 0 Å². The van der Waals surface area contributed by atoms with Gasteiger partial charge in [0.05, 0.1) is 19.8 Å². The highest BCUT2D eigenvalue weighted by Gasteiger charge is 2.40. The van der Waals surface area contributed by atoms with Crippen LogP contribution in [-0.2, 0) is 19.1 Å². The lowest BCUT2D eigenvalue weighted by molar-refractivity contribution is -0.134. The van der Waals surface area contributed by atoms with E-state index in [4.69, 9.17) is 9.47 Å². The molecule has 0 fully saturated rings. The quantitative estimate of drug-likeness (QED) is 0.513. The molecular weight excluding hydrogens is 318 g/mol. The van der Waals surface area contributed by atoms with Gasteiger partial charge in [-0.15, -0.1) is 0 Å². The summed E-state index contributed by atoms with van der Waals surface area (Å²) in [4.78, 5) is 23.9. The number of Topliss-reactive ketones (excluding diaryl/α,β-unsaturated/α-hetero) is 2. The largest absolute Gasteiger partial charge is 0.378 e. The Balaban J connectivity index is 3.92. The van der Waals surface area contributed by atoms with Crippen molar-refractivity contribution in [3.63, 3.8) is 0 Å². The molecule has 0 spiro atoms. The highest BCUT2D eigenvalue weighted by Crippen LogP contribution is 2.31. The molecule has 0 radical (unpaired) electrons. The monoisotopic (exact) mass is 357 g/mol. The fourth-order valence-electron chi connectivity index (χ4n) is 1.99. The average molecular weight is 358 g/mol. The van der Waals surface area contributed by atoms with E-state index in [2.05, 4.69) is 5.32 Å². The molecule has 0 heterocycles. The molecule has 5 heteroatoms. The van der Waals surface area contributed by atoms with Crippen LogP contribution in [0, 0.1) is 16.7 Å². The minimum atomic E-state index is -0.445. The fraction of sp³-hybridized carbons (Fsp3) is 0.900. The summed E-state index contributed by atoms with van der Waals surface area (Å²) in [5, 5.41) is 3.38. The van der Waals surface area contributed by atoms with Crippen LogP contribution in [0.5, 0.6) is 0 Å². The van der Waals surface area contributed by atoms with E-state index in [1.807, 2.05) is 55.4 Å². The number of rotatable bonds is 13. The highest BCUT2D eigenvalue weighted by molar-refractivity contribution is 5.85. The van der Waals surface area contributed by atoms with Crippen molar-refractivity contribution in [2.75, 3.05) is 33.0 Å². The molecule has 1 N–H and O–H groups in total. The minimum absolute atomic E-state index is 0.123. The third-order valence-corrected chi connectivity index (χ3v) is 6.02. The number of hydrogen-bond donors (Lipinski definition) is 1. The van der Waals surface area contributed by atoms with Crippen LogP contribution in [0.1, 0.15) is 62.3 Å². The SMILES string of the molecule is CC(=O)C(C)(C)C(C)(C)NCCOCCOCC(=O)C(C)(C)C(C)C. The number of ether oxygens (including phenoxy) is 2. The van der Waals surface area contributed by atoms with E-state index in [0.29, 0.717) is 26.4 Å². The molecule has 0 atom stereocenters.